The number of benzene rings is 2. The molecule has 1 aliphatic rings. The molecule has 4 nitrogen and oxygen atoms in total. The van der Waals surface area contributed by atoms with E-state index in [1.165, 1.54) is 0 Å². The van der Waals surface area contributed by atoms with Gasteiger partial charge in [0.2, 0.25) is 0 Å². The molecule has 0 heterocycles. The maximum atomic E-state index is 13.3. The van der Waals surface area contributed by atoms with E-state index in [0.717, 1.165) is 17.2 Å². The van der Waals surface area contributed by atoms with Crippen LogP contribution >= 0.6 is 0 Å². The van der Waals surface area contributed by atoms with E-state index in [1.54, 1.807) is 12.1 Å². The van der Waals surface area contributed by atoms with E-state index < -0.39 is 35.7 Å². The summed E-state index contributed by atoms with van der Waals surface area (Å²) in [5, 5.41) is 14.8. The molecule has 0 saturated carbocycles. The van der Waals surface area contributed by atoms with Gasteiger partial charge in [-0.25, -0.2) is 9.18 Å². The van der Waals surface area contributed by atoms with Gasteiger partial charge in [0.25, 0.3) is 0 Å². The number of halogens is 4. The van der Waals surface area contributed by atoms with Crippen molar-refractivity contribution in [3.63, 3.8) is 0 Å². The highest BCUT2D eigenvalue weighted by atomic mass is 19.4. The maximum absolute atomic E-state index is 13.3. The van der Waals surface area contributed by atoms with Gasteiger partial charge in [0.05, 0.1) is 17.7 Å². The molecular formula is C17H14F4N2O2. The summed E-state index contributed by atoms with van der Waals surface area (Å²) in [5.74, 6) is -1.42. The molecule has 8 heteroatoms. The largest absolute Gasteiger partial charge is 0.419 e. The standard InChI is InChI=1S/C17H14F4N2O2/c18-13-6-5-10(8-12(13)17(19,20)21)22-16(25)23-15-11-4-2-1-3-9(11)7-14(15)24/h1-6,8,14-15,24H,7H2,(H2,22,23,25)/t14-,15+/m0/s1. The molecule has 0 unspecified atom stereocenters. The Morgan fingerprint density at radius 2 is 1.88 bits per heavy atom. The van der Waals surface area contributed by atoms with Gasteiger partial charge in [-0.3, -0.25) is 0 Å². The molecule has 0 radical (unpaired) electrons. The Hall–Kier alpha value is -2.61. The quantitative estimate of drug-likeness (QED) is 0.722. The molecule has 3 N–H and O–H groups in total. The van der Waals surface area contributed by atoms with Crippen LogP contribution in [0, 0.1) is 5.82 Å². The van der Waals surface area contributed by atoms with E-state index in [2.05, 4.69) is 10.6 Å². The van der Waals surface area contributed by atoms with E-state index in [-0.39, 0.29) is 5.69 Å². The third-order valence-electron chi connectivity index (χ3n) is 4.02. The molecule has 2 aromatic rings. The van der Waals surface area contributed by atoms with Crippen molar-refractivity contribution in [1.82, 2.24) is 5.32 Å². The number of aliphatic hydroxyl groups is 1. The number of fused-ring (bicyclic) bond motifs is 1. The van der Waals surface area contributed by atoms with Gasteiger partial charge in [-0.1, -0.05) is 24.3 Å². The minimum absolute atomic E-state index is 0.202. The molecule has 0 bridgehead atoms. The molecule has 1 aliphatic carbocycles. The average molecular weight is 354 g/mol. The van der Waals surface area contributed by atoms with Crippen molar-refractivity contribution < 1.29 is 27.5 Å². The van der Waals surface area contributed by atoms with Crippen molar-refractivity contribution in [2.45, 2.75) is 24.7 Å². The van der Waals surface area contributed by atoms with Crippen molar-refractivity contribution in [2.24, 2.45) is 0 Å². The Morgan fingerprint density at radius 1 is 1.16 bits per heavy atom. The zero-order valence-corrected chi connectivity index (χ0v) is 12.8. The summed E-state index contributed by atoms with van der Waals surface area (Å²) < 4.78 is 51.4. The summed E-state index contributed by atoms with van der Waals surface area (Å²) in [5.41, 5.74) is -0.0229. The van der Waals surface area contributed by atoms with E-state index in [0.29, 0.717) is 18.6 Å². The monoisotopic (exact) mass is 354 g/mol. The van der Waals surface area contributed by atoms with Crippen LogP contribution in [0.4, 0.5) is 28.0 Å². The SMILES string of the molecule is O=C(Nc1ccc(F)c(C(F)(F)F)c1)N[C@@H]1c2ccccc2C[C@@H]1O. The molecule has 0 aromatic heterocycles. The highest BCUT2D eigenvalue weighted by Crippen LogP contribution is 2.33. The van der Waals surface area contributed by atoms with Gasteiger partial charge in [-0.05, 0) is 29.3 Å². The first-order valence-electron chi connectivity index (χ1n) is 7.46. The van der Waals surface area contributed by atoms with Crippen LogP contribution < -0.4 is 10.6 Å². The van der Waals surface area contributed by atoms with Crippen molar-refractivity contribution in [3.05, 3.63) is 65.0 Å². The van der Waals surface area contributed by atoms with Gasteiger partial charge in [0.1, 0.15) is 5.82 Å². The molecule has 0 saturated heterocycles. The van der Waals surface area contributed by atoms with Crippen LogP contribution in [0.1, 0.15) is 22.7 Å². The van der Waals surface area contributed by atoms with Crippen LogP contribution in [0.25, 0.3) is 0 Å². The van der Waals surface area contributed by atoms with Crippen molar-refractivity contribution in [1.29, 1.82) is 0 Å². The molecule has 2 amide bonds. The van der Waals surface area contributed by atoms with E-state index >= 15 is 0 Å². The second-order valence-electron chi connectivity index (χ2n) is 5.74. The molecule has 2 aromatic carbocycles. The summed E-state index contributed by atoms with van der Waals surface area (Å²) in [6.07, 6.45) is -5.32. The first-order valence-corrected chi connectivity index (χ1v) is 7.46. The first kappa shape index (κ1) is 17.2. The highest BCUT2D eigenvalue weighted by Gasteiger charge is 2.35. The number of hydrogen-bond donors (Lipinski definition) is 3. The Balaban J connectivity index is 1.74. The predicted molar refractivity (Wildman–Crippen MR) is 82.5 cm³/mol. The number of alkyl halides is 3. The lowest BCUT2D eigenvalue weighted by Crippen LogP contribution is -2.36. The fraction of sp³-hybridized carbons (Fsp3) is 0.235. The van der Waals surface area contributed by atoms with Crippen LogP contribution in [0.5, 0.6) is 0 Å². The summed E-state index contributed by atoms with van der Waals surface area (Å²) in [4.78, 5) is 12.1. The minimum atomic E-state index is -4.86. The maximum Gasteiger partial charge on any atom is 0.419 e. The molecule has 0 fully saturated rings. The number of aliphatic hydroxyl groups excluding tert-OH is 1. The van der Waals surface area contributed by atoms with Crippen LogP contribution in [0.2, 0.25) is 0 Å². The van der Waals surface area contributed by atoms with Gasteiger partial charge in [-0.15, -0.1) is 0 Å². The number of anilines is 1. The van der Waals surface area contributed by atoms with Gasteiger partial charge < -0.3 is 15.7 Å². The van der Waals surface area contributed by atoms with E-state index in [9.17, 15) is 27.5 Å². The number of hydrogen-bond acceptors (Lipinski definition) is 2. The van der Waals surface area contributed by atoms with Crippen LogP contribution in [0.3, 0.4) is 0 Å². The molecule has 0 spiro atoms. The second kappa shape index (κ2) is 6.36. The normalized spacial score (nSPS) is 19.4. The summed E-state index contributed by atoms with van der Waals surface area (Å²) in [6.45, 7) is 0. The zero-order valence-electron chi connectivity index (χ0n) is 12.8. The molecule has 3 rings (SSSR count). The number of rotatable bonds is 2. The molecule has 2 atom stereocenters. The lowest BCUT2D eigenvalue weighted by atomic mass is 10.1. The molecule has 0 aliphatic heterocycles. The van der Waals surface area contributed by atoms with Crippen molar-refractivity contribution in [2.75, 3.05) is 5.32 Å². The summed E-state index contributed by atoms with van der Waals surface area (Å²) in [7, 11) is 0. The lowest BCUT2D eigenvalue weighted by molar-refractivity contribution is -0.139. The second-order valence-corrected chi connectivity index (χ2v) is 5.74. The first-order chi connectivity index (χ1) is 11.8. The summed E-state index contributed by atoms with van der Waals surface area (Å²) >= 11 is 0. The van der Waals surface area contributed by atoms with Crippen LogP contribution in [0.15, 0.2) is 42.5 Å². The number of carbonyl (C=O) groups excluding carboxylic acids is 1. The van der Waals surface area contributed by atoms with E-state index in [1.807, 2.05) is 12.1 Å². The Kier molecular flexibility index (Phi) is 4.38. The van der Waals surface area contributed by atoms with Gasteiger partial charge in [-0.2, -0.15) is 13.2 Å². The van der Waals surface area contributed by atoms with E-state index in [4.69, 9.17) is 0 Å². The number of carbonyl (C=O) groups is 1. The van der Waals surface area contributed by atoms with Crippen LogP contribution in [-0.4, -0.2) is 17.2 Å². The fourth-order valence-electron chi connectivity index (χ4n) is 2.88. The fourth-order valence-corrected chi connectivity index (χ4v) is 2.88. The smallest absolute Gasteiger partial charge is 0.390 e. The Labute approximate surface area is 140 Å². The van der Waals surface area contributed by atoms with Gasteiger partial charge in [0, 0.05) is 12.1 Å². The topological polar surface area (TPSA) is 61.4 Å². The van der Waals surface area contributed by atoms with Crippen LogP contribution in [-0.2, 0) is 12.6 Å². The zero-order chi connectivity index (χ0) is 18.2. The number of nitrogens with one attached hydrogen (secondary N) is 2. The average Bonchev–Trinajstić information content (AvgIpc) is 2.84. The highest BCUT2D eigenvalue weighted by molar-refractivity contribution is 5.89. The Bertz CT molecular complexity index is 807. The number of amides is 2. The van der Waals surface area contributed by atoms with Gasteiger partial charge >= 0.3 is 12.2 Å². The number of urea groups is 1. The lowest BCUT2D eigenvalue weighted by Gasteiger charge is -2.19. The molecular weight excluding hydrogens is 340 g/mol. The minimum Gasteiger partial charge on any atom is -0.390 e. The predicted octanol–water partition coefficient (Wildman–Crippen LogP) is 3.62. The molecule has 25 heavy (non-hydrogen) atoms. The van der Waals surface area contributed by atoms with Crippen molar-refractivity contribution in [3.8, 4) is 0 Å². The van der Waals surface area contributed by atoms with Gasteiger partial charge in [0.15, 0.2) is 0 Å². The van der Waals surface area contributed by atoms with Crippen molar-refractivity contribution >= 4 is 11.7 Å². The summed E-state index contributed by atoms with van der Waals surface area (Å²) in [6, 6.07) is 7.89. The molecule has 132 valence electrons. The Morgan fingerprint density at radius 3 is 2.60 bits per heavy atom. The third kappa shape index (κ3) is 3.58. The third-order valence-corrected chi connectivity index (χ3v) is 4.02.